The summed E-state index contributed by atoms with van der Waals surface area (Å²) in [6.45, 7) is 9.56. The predicted octanol–water partition coefficient (Wildman–Crippen LogP) is 11.6. The van der Waals surface area contributed by atoms with Gasteiger partial charge in [-0.15, -0.1) is 0 Å². The van der Waals surface area contributed by atoms with E-state index in [0.717, 1.165) is 27.5 Å². The van der Waals surface area contributed by atoms with Gasteiger partial charge in [0.15, 0.2) is 17.5 Å². The van der Waals surface area contributed by atoms with Crippen molar-refractivity contribution in [1.29, 1.82) is 0 Å². The Labute approximate surface area is 281 Å². The lowest BCUT2D eigenvalue weighted by atomic mass is 9.55. The van der Waals surface area contributed by atoms with Crippen molar-refractivity contribution >= 4 is 32.3 Å². The summed E-state index contributed by atoms with van der Waals surface area (Å²) in [5, 5.41) is 7.16. The van der Waals surface area contributed by atoms with Crippen LogP contribution in [0.25, 0.3) is 77.6 Å². The summed E-state index contributed by atoms with van der Waals surface area (Å²) in [6, 6.07) is 49.8. The van der Waals surface area contributed by atoms with Gasteiger partial charge in [0, 0.05) is 16.7 Å². The number of nitrogens with zero attached hydrogens (tertiary/aromatic N) is 3. The quantitative estimate of drug-likeness (QED) is 0.185. The average molecular weight is 618 g/mol. The van der Waals surface area contributed by atoms with Crippen LogP contribution in [0, 0.1) is 0 Å². The SMILES string of the molecule is CC1(C)c2ccccc2-c2cc3c(ccc4c(-c5nc(-c6ccccc6)nc(-c6ccc7ccccc7c6)n5)cccc43)cc2C1(C)C. The van der Waals surface area contributed by atoms with Crippen molar-refractivity contribution in [3.63, 3.8) is 0 Å². The molecule has 0 atom stereocenters. The molecule has 0 N–H and O–H groups in total. The molecular formula is C45H35N3. The summed E-state index contributed by atoms with van der Waals surface area (Å²) >= 11 is 0. The van der Waals surface area contributed by atoms with Crippen LogP contribution >= 0.6 is 0 Å². The largest absolute Gasteiger partial charge is 0.208 e. The van der Waals surface area contributed by atoms with Gasteiger partial charge in [0.25, 0.3) is 0 Å². The molecule has 48 heavy (non-hydrogen) atoms. The van der Waals surface area contributed by atoms with Crippen LogP contribution in [0.4, 0.5) is 0 Å². The number of benzene rings is 7. The Hall–Kier alpha value is -5.67. The van der Waals surface area contributed by atoms with E-state index in [1.54, 1.807) is 0 Å². The Morgan fingerprint density at radius 3 is 1.83 bits per heavy atom. The van der Waals surface area contributed by atoms with Crippen LogP contribution in [-0.4, -0.2) is 15.0 Å². The lowest BCUT2D eigenvalue weighted by molar-refractivity contribution is 0.299. The van der Waals surface area contributed by atoms with Gasteiger partial charge in [-0.2, -0.15) is 0 Å². The molecule has 7 aromatic carbocycles. The number of fused-ring (bicyclic) bond motifs is 7. The molecule has 0 radical (unpaired) electrons. The van der Waals surface area contributed by atoms with E-state index in [1.165, 1.54) is 43.8 Å². The van der Waals surface area contributed by atoms with Crippen LogP contribution in [0.5, 0.6) is 0 Å². The second kappa shape index (κ2) is 10.4. The Morgan fingerprint density at radius 1 is 0.354 bits per heavy atom. The van der Waals surface area contributed by atoms with Gasteiger partial charge in [-0.05, 0) is 83.6 Å². The van der Waals surface area contributed by atoms with Crippen molar-refractivity contribution in [3.05, 3.63) is 151 Å². The van der Waals surface area contributed by atoms with Crippen molar-refractivity contribution < 1.29 is 0 Å². The molecule has 3 heteroatoms. The Morgan fingerprint density at radius 2 is 1.00 bits per heavy atom. The average Bonchev–Trinajstić information content (AvgIpc) is 3.13. The van der Waals surface area contributed by atoms with Gasteiger partial charge in [0.05, 0.1) is 0 Å². The van der Waals surface area contributed by atoms with E-state index in [9.17, 15) is 0 Å². The highest BCUT2D eigenvalue weighted by molar-refractivity contribution is 6.13. The summed E-state index contributed by atoms with van der Waals surface area (Å²) in [4.78, 5) is 15.3. The van der Waals surface area contributed by atoms with Crippen LogP contribution in [0.1, 0.15) is 38.8 Å². The first-order valence-corrected chi connectivity index (χ1v) is 16.7. The molecule has 1 aliphatic rings. The zero-order valence-electron chi connectivity index (χ0n) is 27.6. The second-order valence-corrected chi connectivity index (χ2v) is 14.1. The van der Waals surface area contributed by atoms with Crippen LogP contribution in [-0.2, 0) is 10.8 Å². The van der Waals surface area contributed by atoms with E-state index in [-0.39, 0.29) is 10.8 Å². The molecule has 0 aliphatic heterocycles. The molecule has 3 nitrogen and oxygen atoms in total. The maximum absolute atomic E-state index is 5.15. The van der Waals surface area contributed by atoms with Crippen molar-refractivity contribution in [1.82, 2.24) is 15.0 Å². The van der Waals surface area contributed by atoms with E-state index in [4.69, 9.17) is 15.0 Å². The summed E-state index contributed by atoms with van der Waals surface area (Å²) in [5.41, 5.74) is 8.34. The molecule has 1 aliphatic carbocycles. The van der Waals surface area contributed by atoms with Gasteiger partial charge in [0.1, 0.15) is 0 Å². The zero-order valence-corrected chi connectivity index (χ0v) is 27.6. The summed E-state index contributed by atoms with van der Waals surface area (Å²) in [5.74, 6) is 2.00. The summed E-state index contributed by atoms with van der Waals surface area (Å²) in [7, 11) is 0. The van der Waals surface area contributed by atoms with E-state index < -0.39 is 0 Å². The number of aromatic nitrogens is 3. The molecule has 0 fully saturated rings. The number of rotatable bonds is 3. The second-order valence-electron chi connectivity index (χ2n) is 14.1. The monoisotopic (exact) mass is 617 g/mol. The van der Waals surface area contributed by atoms with Gasteiger partial charge >= 0.3 is 0 Å². The van der Waals surface area contributed by atoms with E-state index in [2.05, 4.69) is 149 Å². The third-order valence-electron chi connectivity index (χ3n) is 11.1. The lowest BCUT2D eigenvalue weighted by Crippen LogP contribution is -2.43. The molecule has 230 valence electrons. The highest BCUT2D eigenvalue weighted by Crippen LogP contribution is 2.54. The van der Waals surface area contributed by atoms with Crippen molar-refractivity contribution in [2.24, 2.45) is 0 Å². The number of hydrogen-bond donors (Lipinski definition) is 0. The Kier molecular flexibility index (Phi) is 6.20. The van der Waals surface area contributed by atoms with Gasteiger partial charge in [-0.25, -0.2) is 15.0 Å². The first-order chi connectivity index (χ1) is 23.3. The van der Waals surface area contributed by atoms with Crippen LogP contribution in [0.2, 0.25) is 0 Å². The number of hydrogen-bond acceptors (Lipinski definition) is 3. The van der Waals surface area contributed by atoms with Crippen LogP contribution < -0.4 is 0 Å². The minimum absolute atomic E-state index is 0.00776. The molecular weight excluding hydrogens is 583 g/mol. The zero-order chi connectivity index (χ0) is 32.6. The fourth-order valence-corrected chi connectivity index (χ4v) is 7.68. The van der Waals surface area contributed by atoms with Gasteiger partial charge < -0.3 is 0 Å². The maximum Gasteiger partial charge on any atom is 0.164 e. The van der Waals surface area contributed by atoms with Gasteiger partial charge in [-0.3, -0.25) is 0 Å². The minimum atomic E-state index is -0.0421. The van der Waals surface area contributed by atoms with Crippen molar-refractivity contribution in [2.75, 3.05) is 0 Å². The summed E-state index contributed by atoms with van der Waals surface area (Å²) in [6.07, 6.45) is 0. The van der Waals surface area contributed by atoms with E-state index in [0.29, 0.717) is 17.5 Å². The third kappa shape index (κ3) is 4.24. The molecule has 9 rings (SSSR count). The first kappa shape index (κ1) is 28.5. The highest BCUT2D eigenvalue weighted by atomic mass is 15.0. The van der Waals surface area contributed by atoms with E-state index >= 15 is 0 Å². The topological polar surface area (TPSA) is 38.7 Å². The minimum Gasteiger partial charge on any atom is -0.208 e. The van der Waals surface area contributed by atoms with Gasteiger partial charge in [0.2, 0.25) is 0 Å². The molecule has 1 heterocycles. The fraction of sp³-hybridized carbons (Fsp3) is 0.133. The molecule has 0 saturated heterocycles. The van der Waals surface area contributed by atoms with Crippen molar-refractivity contribution in [2.45, 2.75) is 38.5 Å². The molecule has 0 bridgehead atoms. The molecule has 1 aromatic heterocycles. The molecule has 0 saturated carbocycles. The van der Waals surface area contributed by atoms with Crippen LogP contribution in [0.15, 0.2) is 140 Å². The normalized spacial score (nSPS) is 14.6. The van der Waals surface area contributed by atoms with E-state index in [1.807, 2.05) is 18.2 Å². The molecule has 8 aromatic rings. The van der Waals surface area contributed by atoms with Crippen LogP contribution in [0.3, 0.4) is 0 Å². The highest BCUT2D eigenvalue weighted by Gasteiger charge is 2.45. The third-order valence-corrected chi connectivity index (χ3v) is 11.1. The standard InChI is InChI=1S/C45H35N3/c1-44(2)39-20-11-10-17-35(39)38-27-37-31(26-40(38)45(44,3)4)23-24-34-33(37)18-12-19-36(34)43-47-41(29-14-6-5-7-15-29)46-42(48-43)32-22-21-28-13-8-9-16-30(28)25-32/h5-27H,1-4H3. The molecule has 0 spiro atoms. The predicted molar refractivity (Wildman–Crippen MR) is 200 cm³/mol. The first-order valence-electron chi connectivity index (χ1n) is 16.7. The molecule has 0 amide bonds. The Bertz CT molecular complexity index is 2560. The lowest BCUT2D eigenvalue weighted by Gasteiger charge is -2.48. The van der Waals surface area contributed by atoms with Crippen molar-refractivity contribution in [3.8, 4) is 45.3 Å². The van der Waals surface area contributed by atoms with Gasteiger partial charge in [-0.1, -0.05) is 149 Å². The maximum atomic E-state index is 5.15. The smallest absolute Gasteiger partial charge is 0.164 e. The summed E-state index contributed by atoms with van der Waals surface area (Å²) < 4.78 is 0. The molecule has 0 unspecified atom stereocenters. The Balaban J connectivity index is 1.28. The fourth-order valence-electron chi connectivity index (χ4n) is 7.68.